The van der Waals surface area contributed by atoms with E-state index in [4.69, 9.17) is 9.47 Å². The lowest BCUT2D eigenvalue weighted by atomic mass is 10.0. The van der Waals surface area contributed by atoms with Gasteiger partial charge in [0.15, 0.2) is 0 Å². The summed E-state index contributed by atoms with van der Waals surface area (Å²) < 4.78 is 11.8. The van der Waals surface area contributed by atoms with Crippen molar-refractivity contribution in [3.63, 3.8) is 0 Å². The molecule has 0 aromatic heterocycles. The van der Waals surface area contributed by atoms with E-state index < -0.39 is 0 Å². The number of unbranched alkanes of at least 4 members (excludes halogenated alkanes) is 11. The van der Waals surface area contributed by atoms with Crippen molar-refractivity contribution in [2.24, 2.45) is 0 Å². The van der Waals surface area contributed by atoms with Gasteiger partial charge in [-0.2, -0.15) is 23.5 Å². The molecule has 1 unspecified atom stereocenters. The SMILES string of the molecule is CCCCCCCCCCCCCCC1CCSCCSCCCOCCO1. The largest absolute Gasteiger partial charge is 0.379 e. The first kappa shape index (κ1) is 26.7. The van der Waals surface area contributed by atoms with Crippen molar-refractivity contribution in [3.05, 3.63) is 0 Å². The van der Waals surface area contributed by atoms with Gasteiger partial charge in [-0.1, -0.05) is 84.0 Å². The highest BCUT2D eigenvalue weighted by Crippen LogP contribution is 2.17. The standard InChI is InChI=1S/C24H48O2S2/c1-2-3-4-5-6-7-8-9-10-11-12-13-15-24-16-21-28-23-22-27-20-14-17-25-18-19-26-24/h24H,2-23H2,1H3. The van der Waals surface area contributed by atoms with Gasteiger partial charge >= 0.3 is 0 Å². The topological polar surface area (TPSA) is 18.5 Å². The zero-order valence-electron chi connectivity index (χ0n) is 18.8. The Morgan fingerprint density at radius 3 is 1.93 bits per heavy atom. The summed E-state index contributed by atoms with van der Waals surface area (Å²) in [6.45, 7) is 4.74. The van der Waals surface area contributed by atoms with Gasteiger partial charge in [-0.05, 0) is 30.8 Å². The molecule has 1 aliphatic rings. The van der Waals surface area contributed by atoms with E-state index in [9.17, 15) is 0 Å². The second-order valence-electron chi connectivity index (χ2n) is 8.15. The van der Waals surface area contributed by atoms with Crippen LogP contribution in [-0.2, 0) is 9.47 Å². The summed E-state index contributed by atoms with van der Waals surface area (Å²) in [5, 5.41) is 0. The van der Waals surface area contributed by atoms with Gasteiger partial charge in [-0.15, -0.1) is 0 Å². The molecule has 28 heavy (non-hydrogen) atoms. The molecule has 0 aliphatic carbocycles. The van der Waals surface area contributed by atoms with E-state index in [0.29, 0.717) is 6.10 Å². The molecule has 0 aromatic carbocycles. The van der Waals surface area contributed by atoms with Crippen LogP contribution in [0.5, 0.6) is 0 Å². The average molecular weight is 433 g/mol. The average Bonchev–Trinajstić information content (AvgIpc) is 2.71. The van der Waals surface area contributed by atoms with Crippen molar-refractivity contribution in [3.8, 4) is 0 Å². The highest BCUT2D eigenvalue weighted by Gasteiger charge is 2.09. The van der Waals surface area contributed by atoms with E-state index in [1.54, 1.807) is 0 Å². The van der Waals surface area contributed by atoms with Crippen LogP contribution in [0.4, 0.5) is 0 Å². The molecule has 1 atom stereocenters. The second-order valence-corrected chi connectivity index (χ2v) is 10.6. The van der Waals surface area contributed by atoms with E-state index in [-0.39, 0.29) is 0 Å². The van der Waals surface area contributed by atoms with Crippen LogP contribution < -0.4 is 0 Å². The molecule has 0 saturated carbocycles. The molecular weight excluding hydrogens is 384 g/mol. The molecule has 1 rings (SSSR count). The van der Waals surface area contributed by atoms with Gasteiger partial charge < -0.3 is 9.47 Å². The Balaban J connectivity index is 1.96. The molecule has 1 heterocycles. The molecule has 0 N–H and O–H groups in total. The Morgan fingerprint density at radius 1 is 0.643 bits per heavy atom. The van der Waals surface area contributed by atoms with Crippen LogP contribution in [0.2, 0.25) is 0 Å². The molecule has 1 aliphatic heterocycles. The third kappa shape index (κ3) is 18.6. The summed E-state index contributed by atoms with van der Waals surface area (Å²) in [5.41, 5.74) is 0. The van der Waals surface area contributed by atoms with Crippen LogP contribution in [0.15, 0.2) is 0 Å². The first-order valence-electron chi connectivity index (χ1n) is 12.3. The van der Waals surface area contributed by atoms with Crippen molar-refractivity contribution >= 4 is 23.5 Å². The normalized spacial score (nSPS) is 20.7. The lowest BCUT2D eigenvalue weighted by molar-refractivity contribution is -0.000306. The minimum atomic E-state index is 0.454. The predicted octanol–water partition coefficient (Wildman–Crippen LogP) is 7.74. The summed E-state index contributed by atoms with van der Waals surface area (Å²) >= 11 is 4.19. The van der Waals surface area contributed by atoms with E-state index in [1.165, 1.54) is 119 Å². The lowest BCUT2D eigenvalue weighted by Crippen LogP contribution is -2.18. The smallest absolute Gasteiger partial charge is 0.0704 e. The van der Waals surface area contributed by atoms with Gasteiger partial charge in [0.2, 0.25) is 0 Å². The second kappa shape index (κ2) is 22.3. The Hall–Kier alpha value is 0.620. The quantitative estimate of drug-likeness (QED) is 0.277. The van der Waals surface area contributed by atoms with E-state index in [2.05, 4.69) is 30.4 Å². The Kier molecular flexibility index (Phi) is 21.2. The summed E-state index contributed by atoms with van der Waals surface area (Å²) in [7, 11) is 0. The van der Waals surface area contributed by atoms with Crippen LogP contribution in [0.3, 0.4) is 0 Å². The van der Waals surface area contributed by atoms with Crippen LogP contribution in [-0.4, -0.2) is 48.9 Å². The first-order chi connectivity index (χ1) is 13.9. The van der Waals surface area contributed by atoms with E-state index in [0.717, 1.165) is 19.8 Å². The maximum absolute atomic E-state index is 6.14. The zero-order chi connectivity index (χ0) is 20.0. The van der Waals surface area contributed by atoms with E-state index in [1.807, 2.05) is 0 Å². The van der Waals surface area contributed by atoms with Crippen molar-refractivity contribution in [2.75, 3.05) is 42.8 Å². The van der Waals surface area contributed by atoms with Crippen LogP contribution in [0, 0.1) is 0 Å². The molecule has 168 valence electrons. The molecular formula is C24H48O2S2. The van der Waals surface area contributed by atoms with Gasteiger partial charge in [-0.3, -0.25) is 0 Å². The molecule has 4 heteroatoms. The van der Waals surface area contributed by atoms with Gasteiger partial charge in [0.05, 0.1) is 19.3 Å². The highest BCUT2D eigenvalue weighted by atomic mass is 32.2. The predicted molar refractivity (Wildman–Crippen MR) is 130 cm³/mol. The lowest BCUT2D eigenvalue weighted by Gasteiger charge is -2.18. The fourth-order valence-electron chi connectivity index (χ4n) is 3.70. The molecule has 0 spiro atoms. The molecule has 1 saturated heterocycles. The fraction of sp³-hybridized carbons (Fsp3) is 1.00. The maximum Gasteiger partial charge on any atom is 0.0704 e. The van der Waals surface area contributed by atoms with Gasteiger partial charge in [-0.25, -0.2) is 0 Å². The first-order valence-corrected chi connectivity index (χ1v) is 14.6. The minimum Gasteiger partial charge on any atom is -0.379 e. The van der Waals surface area contributed by atoms with Gasteiger partial charge in [0.25, 0.3) is 0 Å². The summed E-state index contributed by atoms with van der Waals surface area (Å²) in [6, 6.07) is 0. The molecule has 0 radical (unpaired) electrons. The Labute approximate surface area is 185 Å². The summed E-state index contributed by atoms with van der Waals surface area (Å²) in [6.07, 6.45) is 21.2. The van der Waals surface area contributed by atoms with Gasteiger partial charge in [0.1, 0.15) is 0 Å². The van der Waals surface area contributed by atoms with Crippen molar-refractivity contribution in [2.45, 2.75) is 109 Å². The molecule has 0 aromatic rings. The van der Waals surface area contributed by atoms with Gasteiger partial charge in [0, 0.05) is 18.1 Å². The van der Waals surface area contributed by atoms with Crippen molar-refractivity contribution < 1.29 is 9.47 Å². The summed E-state index contributed by atoms with van der Waals surface area (Å²) in [5.74, 6) is 5.07. The third-order valence-corrected chi connectivity index (χ3v) is 7.84. The highest BCUT2D eigenvalue weighted by molar-refractivity contribution is 8.02. The maximum atomic E-state index is 6.14. The third-order valence-electron chi connectivity index (χ3n) is 5.49. The number of thioether (sulfide) groups is 2. The molecule has 0 bridgehead atoms. The Morgan fingerprint density at radius 2 is 1.25 bits per heavy atom. The molecule has 2 nitrogen and oxygen atoms in total. The van der Waals surface area contributed by atoms with Crippen LogP contribution >= 0.6 is 23.5 Å². The van der Waals surface area contributed by atoms with Crippen molar-refractivity contribution in [1.82, 2.24) is 0 Å². The zero-order valence-corrected chi connectivity index (χ0v) is 20.4. The summed E-state index contributed by atoms with van der Waals surface area (Å²) in [4.78, 5) is 0. The number of hydrogen-bond acceptors (Lipinski definition) is 4. The number of ether oxygens (including phenoxy) is 2. The monoisotopic (exact) mass is 432 g/mol. The van der Waals surface area contributed by atoms with Crippen LogP contribution in [0.1, 0.15) is 103 Å². The van der Waals surface area contributed by atoms with Crippen LogP contribution in [0.25, 0.3) is 0 Å². The minimum absolute atomic E-state index is 0.454. The Bertz CT molecular complexity index is 288. The number of hydrogen-bond donors (Lipinski definition) is 0. The van der Waals surface area contributed by atoms with E-state index >= 15 is 0 Å². The molecule has 0 amide bonds. The fourth-order valence-corrected chi connectivity index (χ4v) is 5.80. The number of rotatable bonds is 13. The molecule has 1 fully saturated rings. The van der Waals surface area contributed by atoms with Crippen molar-refractivity contribution in [1.29, 1.82) is 0 Å².